The van der Waals surface area contributed by atoms with Gasteiger partial charge in [0.2, 0.25) is 0 Å². The van der Waals surface area contributed by atoms with Crippen LogP contribution in [0.5, 0.6) is 0 Å². The van der Waals surface area contributed by atoms with Crippen LogP contribution in [-0.2, 0) is 25.7 Å². The molecule has 1 aromatic carbocycles. The van der Waals surface area contributed by atoms with Crippen LogP contribution in [0.3, 0.4) is 0 Å². The van der Waals surface area contributed by atoms with Crippen molar-refractivity contribution < 1.29 is 33.0 Å². The van der Waals surface area contributed by atoms with Gasteiger partial charge in [0.1, 0.15) is 40.7 Å². The summed E-state index contributed by atoms with van der Waals surface area (Å²) in [6.45, 7) is 19.8. The molecule has 2 aliphatic rings. The van der Waals surface area contributed by atoms with Crippen molar-refractivity contribution in [1.29, 1.82) is 0 Å². The van der Waals surface area contributed by atoms with Crippen molar-refractivity contribution in [3.63, 3.8) is 0 Å². The summed E-state index contributed by atoms with van der Waals surface area (Å²) in [4.78, 5) is 50.9. The van der Waals surface area contributed by atoms with Crippen LogP contribution >= 0.6 is 0 Å². The number of fused-ring (bicyclic) bond motifs is 2. The van der Waals surface area contributed by atoms with Crippen LogP contribution in [0.4, 0.5) is 9.18 Å². The number of esters is 1. The Kier molecular flexibility index (Phi) is 12.0. The van der Waals surface area contributed by atoms with E-state index < -0.39 is 19.3 Å². The summed E-state index contributed by atoms with van der Waals surface area (Å²) >= 11 is 0. The zero-order chi connectivity index (χ0) is 40.6. The predicted octanol–water partition coefficient (Wildman–Crippen LogP) is 8.10. The maximum Gasteiger partial charge on any atom is 0.410 e. The molecular formula is C41H58FN7O6Si. The number of carbonyl (C=O) groups excluding carboxylic acids is 3. The fraction of sp³-hybridized carbons (Fsp3) is 0.610. The lowest BCUT2D eigenvalue weighted by Gasteiger charge is -2.33. The molecule has 1 saturated heterocycles. The molecule has 304 valence electrons. The molecule has 1 N–H and O–H groups in total. The van der Waals surface area contributed by atoms with Crippen molar-refractivity contribution in [3.05, 3.63) is 42.0 Å². The summed E-state index contributed by atoms with van der Waals surface area (Å²) < 4.78 is 35.6. The quantitative estimate of drug-likeness (QED) is 0.0906. The minimum Gasteiger partial charge on any atom is -0.460 e. The number of carbonyl (C=O) groups is 3. The lowest BCUT2D eigenvalue weighted by Crippen LogP contribution is -2.42. The number of nitrogens with zero attached hydrogens (tertiary/aromatic N) is 6. The number of rotatable bonds is 11. The Hall–Kier alpha value is -4.37. The van der Waals surface area contributed by atoms with Gasteiger partial charge in [-0.2, -0.15) is 5.10 Å². The summed E-state index contributed by atoms with van der Waals surface area (Å²) in [7, 11) is -1.32. The zero-order valence-corrected chi connectivity index (χ0v) is 35.4. The van der Waals surface area contributed by atoms with Crippen molar-refractivity contribution in [2.24, 2.45) is 5.92 Å². The number of hydrogen-bond acceptors (Lipinski definition) is 9. The molecule has 1 aliphatic heterocycles. The highest BCUT2D eigenvalue weighted by atomic mass is 28.3. The van der Waals surface area contributed by atoms with Gasteiger partial charge >= 0.3 is 12.1 Å². The molecule has 56 heavy (non-hydrogen) atoms. The zero-order valence-electron chi connectivity index (χ0n) is 34.4. The number of likely N-dealkylation sites (tertiary alicyclic amines) is 1. The topological polar surface area (TPSA) is 143 Å². The molecule has 2 atom stereocenters. The standard InChI is InChI=1S/C41H58FN7O6Si/c1-40(2,3)54-34(50)21-26-10-12-28(20-26)44-38(51)31-24-48(25-53-18-19-56(7,8)9)37-36(31)45-32(23-43-37)35-30-13-11-27(42)22-33(30)49(46-35)29-14-16-47(17-15-29)39(52)55-41(4,5)6/h11,13,22-24,26,28-29H,10,12,14-21,25H2,1-9H3,(H,44,51). The first-order valence-electron chi connectivity index (χ1n) is 19.9. The molecule has 0 spiro atoms. The smallest absolute Gasteiger partial charge is 0.410 e. The monoisotopic (exact) mass is 791 g/mol. The third-order valence-electron chi connectivity index (χ3n) is 10.2. The van der Waals surface area contributed by atoms with E-state index in [9.17, 15) is 18.8 Å². The van der Waals surface area contributed by atoms with Crippen LogP contribution in [0.2, 0.25) is 25.7 Å². The number of hydrogen-bond donors (Lipinski definition) is 1. The number of amides is 2. The van der Waals surface area contributed by atoms with Crippen molar-refractivity contribution in [2.75, 3.05) is 19.7 Å². The van der Waals surface area contributed by atoms with Crippen molar-refractivity contribution in [1.82, 2.24) is 34.5 Å². The Morgan fingerprint density at radius 2 is 1.70 bits per heavy atom. The third kappa shape index (κ3) is 10.3. The maximum atomic E-state index is 14.8. The van der Waals surface area contributed by atoms with Crippen LogP contribution in [0, 0.1) is 11.7 Å². The molecule has 0 bridgehead atoms. The number of nitrogens with one attached hydrogen (secondary N) is 1. The molecule has 1 aliphatic carbocycles. The second-order valence-electron chi connectivity index (χ2n) is 18.6. The summed E-state index contributed by atoms with van der Waals surface area (Å²) in [6, 6.07) is 5.38. The van der Waals surface area contributed by atoms with Gasteiger partial charge in [-0.15, -0.1) is 0 Å². The Bertz CT molecular complexity index is 2070. The maximum absolute atomic E-state index is 14.8. The van der Waals surface area contributed by atoms with Crippen LogP contribution in [0.15, 0.2) is 30.6 Å². The van der Waals surface area contributed by atoms with Gasteiger partial charge < -0.3 is 29.0 Å². The molecule has 2 amide bonds. The summed E-state index contributed by atoms with van der Waals surface area (Å²) in [6.07, 6.45) is 6.83. The molecule has 4 heterocycles. The van der Waals surface area contributed by atoms with Crippen molar-refractivity contribution in [3.8, 4) is 11.4 Å². The number of ether oxygens (including phenoxy) is 3. The molecule has 4 aromatic rings. The van der Waals surface area contributed by atoms with E-state index in [-0.39, 0.29) is 48.5 Å². The van der Waals surface area contributed by atoms with Crippen molar-refractivity contribution >= 4 is 48.1 Å². The van der Waals surface area contributed by atoms with E-state index in [4.69, 9.17) is 29.3 Å². The van der Waals surface area contributed by atoms with Gasteiger partial charge in [-0.1, -0.05) is 19.6 Å². The molecule has 1 saturated carbocycles. The molecule has 13 nitrogen and oxygen atoms in total. The summed E-state index contributed by atoms with van der Waals surface area (Å²) in [5, 5.41) is 8.91. The highest BCUT2D eigenvalue weighted by Gasteiger charge is 2.32. The Labute approximate surface area is 329 Å². The van der Waals surface area contributed by atoms with Gasteiger partial charge in [-0.05, 0) is 104 Å². The van der Waals surface area contributed by atoms with E-state index in [2.05, 4.69) is 25.0 Å². The minimum atomic E-state index is -1.32. The van der Waals surface area contributed by atoms with Crippen LogP contribution in [-0.4, -0.2) is 92.2 Å². The molecule has 15 heteroatoms. The van der Waals surface area contributed by atoms with Gasteiger partial charge in [-0.3, -0.25) is 14.3 Å². The fourth-order valence-corrected chi connectivity index (χ4v) is 8.20. The van der Waals surface area contributed by atoms with E-state index >= 15 is 0 Å². The molecule has 0 radical (unpaired) electrons. The Balaban J connectivity index is 1.27. The summed E-state index contributed by atoms with van der Waals surface area (Å²) in [5.41, 5.74) is 1.73. The van der Waals surface area contributed by atoms with Crippen LogP contribution in [0.1, 0.15) is 96.5 Å². The lowest BCUT2D eigenvalue weighted by atomic mass is 10.0. The van der Waals surface area contributed by atoms with Gasteiger partial charge in [-0.25, -0.2) is 19.2 Å². The lowest BCUT2D eigenvalue weighted by molar-refractivity contribution is -0.155. The van der Waals surface area contributed by atoms with E-state index in [1.807, 2.05) is 50.8 Å². The highest BCUT2D eigenvalue weighted by molar-refractivity contribution is 6.76. The third-order valence-corrected chi connectivity index (χ3v) is 11.9. The van der Waals surface area contributed by atoms with Gasteiger partial charge in [0, 0.05) is 51.8 Å². The average molecular weight is 792 g/mol. The molecule has 2 fully saturated rings. The first kappa shape index (κ1) is 41.3. The molecular weight excluding hydrogens is 734 g/mol. The Morgan fingerprint density at radius 3 is 2.38 bits per heavy atom. The second kappa shape index (κ2) is 16.2. The Morgan fingerprint density at radius 1 is 0.982 bits per heavy atom. The first-order valence-corrected chi connectivity index (χ1v) is 23.6. The molecule has 3 aromatic heterocycles. The van der Waals surface area contributed by atoms with Gasteiger partial charge in [0.25, 0.3) is 5.91 Å². The number of benzene rings is 1. The fourth-order valence-electron chi connectivity index (χ4n) is 7.44. The van der Waals surface area contributed by atoms with E-state index in [0.717, 1.165) is 18.9 Å². The van der Waals surface area contributed by atoms with E-state index in [0.29, 0.717) is 84.4 Å². The highest BCUT2D eigenvalue weighted by Crippen LogP contribution is 2.35. The number of aromatic nitrogens is 5. The number of piperidine rings is 1. The van der Waals surface area contributed by atoms with E-state index in [1.165, 1.54) is 12.1 Å². The van der Waals surface area contributed by atoms with Crippen molar-refractivity contribution in [2.45, 2.75) is 136 Å². The first-order chi connectivity index (χ1) is 26.2. The second-order valence-corrected chi connectivity index (χ2v) is 24.2. The largest absolute Gasteiger partial charge is 0.460 e. The SMILES string of the molecule is CC(C)(C)OC(=O)CC1CCC(NC(=O)c2cn(COCC[Si](C)(C)C)c3ncc(-c4nn(C5CCN(C(=O)OC(C)(C)C)CC5)c5cc(F)ccc45)nc23)C1. The normalized spacial score (nSPS) is 18.5. The average Bonchev–Trinajstić information content (AvgIpc) is 3.79. The number of halogens is 1. The van der Waals surface area contributed by atoms with E-state index in [1.54, 1.807) is 23.4 Å². The molecule has 6 rings (SSSR count). The van der Waals surface area contributed by atoms with Gasteiger partial charge in [0.15, 0.2) is 5.65 Å². The summed E-state index contributed by atoms with van der Waals surface area (Å²) in [5.74, 6) is -0.762. The van der Waals surface area contributed by atoms with Gasteiger partial charge in [0.05, 0.1) is 23.3 Å². The van der Waals surface area contributed by atoms with Crippen LogP contribution in [0.25, 0.3) is 33.5 Å². The van der Waals surface area contributed by atoms with Crippen LogP contribution < -0.4 is 5.32 Å². The minimum absolute atomic E-state index is 0.0929. The predicted molar refractivity (Wildman–Crippen MR) is 215 cm³/mol. The molecule has 2 unspecified atom stereocenters.